The third-order valence-electron chi connectivity index (χ3n) is 4.71. The van der Waals surface area contributed by atoms with Crippen LogP contribution in [0, 0.1) is 6.92 Å². The molecule has 0 amide bonds. The zero-order valence-corrected chi connectivity index (χ0v) is 15.1. The molecule has 1 saturated heterocycles. The van der Waals surface area contributed by atoms with Crippen LogP contribution in [0.25, 0.3) is 21.5 Å². The Morgan fingerprint density at radius 3 is 2.92 bits per heavy atom. The van der Waals surface area contributed by atoms with Gasteiger partial charge in [-0.3, -0.25) is 4.79 Å². The highest BCUT2D eigenvalue weighted by atomic mass is 32.1. The van der Waals surface area contributed by atoms with Gasteiger partial charge in [-0.15, -0.1) is 11.3 Å². The van der Waals surface area contributed by atoms with E-state index >= 15 is 0 Å². The highest BCUT2D eigenvalue weighted by Crippen LogP contribution is 2.35. The number of nitrogens with one attached hydrogen (secondary N) is 1. The molecule has 1 aliphatic heterocycles. The summed E-state index contributed by atoms with van der Waals surface area (Å²) in [6, 6.07) is 3.31. The van der Waals surface area contributed by atoms with Crippen LogP contribution in [0.2, 0.25) is 0 Å². The van der Waals surface area contributed by atoms with Gasteiger partial charge in [-0.25, -0.2) is 4.98 Å². The number of aromatic nitrogens is 1. The van der Waals surface area contributed by atoms with Crippen LogP contribution < -0.4 is 10.7 Å². The number of rotatable bonds is 3. The second-order valence-electron chi connectivity index (χ2n) is 6.44. The van der Waals surface area contributed by atoms with E-state index in [1.54, 1.807) is 12.1 Å². The summed E-state index contributed by atoms with van der Waals surface area (Å²) in [5, 5.41) is 16.7. The van der Waals surface area contributed by atoms with Gasteiger partial charge in [-0.1, -0.05) is 6.92 Å². The summed E-state index contributed by atoms with van der Waals surface area (Å²) in [6.07, 6.45) is 2.62. The molecule has 3 heterocycles. The number of phenolic OH excluding ortho intramolecular Hbond substituents is 1. The molecule has 3 aromatic rings. The fourth-order valence-electron chi connectivity index (χ4n) is 3.40. The molecule has 5 nitrogen and oxygen atoms in total. The van der Waals surface area contributed by atoms with Crippen LogP contribution in [0.4, 0.5) is 0 Å². The molecule has 1 aromatic carbocycles. The van der Waals surface area contributed by atoms with E-state index in [2.05, 4.69) is 10.3 Å². The number of thiazole rings is 1. The third kappa shape index (κ3) is 2.75. The van der Waals surface area contributed by atoms with Gasteiger partial charge in [0.25, 0.3) is 0 Å². The van der Waals surface area contributed by atoms with Crippen LogP contribution in [0.5, 0.6) is 5.75 Å². The van der Waals surface area contributed by atoms with E-state index in [1.165, 1.54) is 11.3 Å². The number of aromatic hydroxyl groups is 1. The molecule has 6 heteroatoms. The molecule has 1 atom stereocenters. The highest BCUT2D eigenvalue weighted by molar-refractivity contribution is 7.13. The summed E-state index contributed by atoms with van der Waals surface area (Å²) >= 11 is 1.46. The minimum atomic E-state index is -0.0750. The van der Waals surface area contributed by atoms with Crippen LogP contribution in [0.3, 0.4) is 0 Å². The Morgan fingerprint density at radius 2 is 2.28 bits per heavy atom. The first-order chi connectivity index (χ1) is 12.1. The average Bonchev–Trinajstić information content (AvgIpc) is 3.26. The number of hydrogen-bond acceptors (Lipinski definition) is 6. The van der Waals surface area contributed by atoms with Crippen molar-refractivity contribution in [3.05, 3.63) is 44.8 Å². The molecule has 2 aromatic heterocycles. The highest BCUT2D eigenvalue weighted by Gasteiger charge is 2.27. The van der Waals surface area contributed by atoms with Crippen molar-refractivity contribution in [1.82, 2.24) is 10.3 Å². The SMILES string of the molecule is CCc1cc2c(=O)c(-c3nc(C)cs3)c([C@@H]3CCCN3)oc2cc1O. The van der Waals surface area contributed by atoms with Gasteiger partial charge < -0.3 is 14.8 Å². The van der Waals surface area contributed by atoms with Crippen LogP contribution in [0.1, 0.15) is 42.8 Å². The minimum Gasteiger partial charge on any atom is -0.508 e. The summed E-state index contributed by atoms with van der Waals surface area (Å²) in [5.74, 6) is 0.800. The summed E-state index contributed by atoms with van der Waals surface area (Å²) in [7, 11) is 0. The van der Waals surface area contributed by atoms with Gasteiger partial charge in [0.05, 0.1) is 17.0 Å². The smallest absolute Gasteiger partial charge is 0.203 e. The second kappa shape index (κ2) is 6.28. The summed E-state index contributed by atoms with van der Waals surface area (Å²) in [5.41, 5.74) is 2.55. The predicted molar refractivity (Wildman–Crippen MR) is 99.3 cm³/mol. The lowest BCUT2D eigenvalue weighted by atomic mass is 10.0. The quantitative estimate of drug-likeness (QED) is 0.744. The maximum atomic E-state index is 13.3. The molecule has 0 saturated carbocycles. The lowest BCUT2D eigenvalue weighted by Gasteiger charge is -2.15. The topological polar surface area (TPSA) is 75.4 Å². The van der Waals surface area contributed by atoms with Crippen LogP contribution >= 0.6 is 11.3 Å². The van der Waals surface area contributed by atoms with Gasteiger partial charge >= 0.3 is 0 Å². The fourth-order valence-corrected chi connectivity index (χ4v) is 4.24. The van der Waals surface area contributed by atoms with E-state index in [-0.39, 0.29) is 17.2 Å². The van der Waals surface area contributed by atoms with Gasteiger partial charge in [0.1, 0.15) is 22.1 Å². The van der Waals surface area contributed by atoms with E-state index in [1.807, 2.05) is 19.2 Å². The van der Waals surface area contributed by atoms with Crippen molar-refractivity contribution in [2.75, 3.05) is 6.54 Å². The van der Waals surface area contributed by atoms with Crippen LogP contribution in [-0.4, -0.2) is 16.6 Å². The van der Waals surface area contributed by atoms with E-state index in [4.69, 9.17) is 4.42 Å². The number of hydrogen-bond donors (Lipinski definition) is 2. The minimum absolute atomic E-state index is 0.00398. The lowest BCUT2D eigenvalue weighted by molar-refractivity contribution is 0.453. The maximum Gasteiger partial charge on any atom is 0.203 e. The molecular formula is C19H20N2O3S. The number of nitrogens with zero attached hydrogens (tertiary/aromatic N) is 1. The van der Waals surface area contributed by atoms with Crippen molar-refractivity contribution in [2.24, 2.45) is 0 Å². The fraction of sp³-hybridized carbons (Fsp3) is 0.368. The molecule has 130 valence electrons. The van der Waals surface area contributed by atoms with Crippen molar-refractivity contribution in [1.29, 1.82) is 0 Å². The molecule has 25 heavy (non-hydrogen) atoms. The summed E-state index contributed by atoms with van der Waals surface area (Å²) in [6.45, 7) is 4.77. The van der Waals surface area contributed by atoms with E-state index in [0.717, 1.165) is 30.6 Å². The Bertz CT molecular complexity index is 1000. The summed E-state index contributed by atoms with van der Waals surface area (Å²) in [4.78, 5) is 17.8. The largest absolute Gasteiger partial charge is 0.508 e. The Labute approximate surface area is 149 Å². The van der Waals surface area contributed by atoms with Crippen molar-refractivity contribution in [3.8, 4) is 16.3 Å². The molecule has 4 rings (SSSR count). The molecule has 0 spiro atoms. The standard InChI is InChI=1S/C19H20N2O3S/c1-3-11-7-12-15(8-14(11)22)24-18(13-5-4-6-20-13)16(17(12)23)19-21-10(2)9-25-19/h7-9,13,20,22H,3-6H2,1-2H3/t13-/m0/s1. The third-order valence-corrected chi connectivity index (χ3v) is 5.69. The lowest BCUT2D eigenvalue weighted by Crippen LogP contribution is -2.18. The normalized spacial score (nSPS) is 17.4. The molecule has 2 N–H and O–H groups in total. The van der Waals surface area contributed by atoms with Crippen molar-refractivity contribution >= 4 is 22.3 Å². The number of aryl methyl sites for hydroxylation is 2. The molecule has 0 radical (unpaired) electrons. The zero-order valence-electron chi connectivity index (χ0n) is 14.3. The van der Waals surface area contributed by atoms with Crippen molar-refractivity contribution in [2.45, 2.75) is 39.2 Å². The second-order valence-corrected chi connectivity index (χ2v) is 7.30. The Morgan fingerprint density at radius 1 is 1.44 bits per heavy atom. The maximum absolute atomic E-state index is 13.3. The number of benzene rings is 1. The zero-order chi connectivity index (χ0) is 17.6. The molecule has 1 fully saturated rings. The van der Waals surface area contributed by atoms with Gasteiger partial charge in [0.2, 0.25) is 5.43 Å². The van der Waals surface area contributed by atoms with Gasteiger partial charge in [-0.05, 0) is 44.4 Å². The predicted octanol–water partition coefficient (Wildman–Crippen LogP) is 3.92. The molecule has 0 aliphatic carbocycles. The molecule has 0 unspecified atom stereocenters. The van der Waals surface area contributed by atoms with Gasteiger partial charge in [0.15, 0.2) is 0 Å². The van der Waals surface area contributed by atoms with Gasteiger partial charge in [-0.2, -0.15) is 0 Å². The Balaban J connectivity index is 2.04. The Hall–Kier alpha value is -2.18. The number of fused-ring (bicyclic) bond motifs is 1. The monoisotopic (exact) mass is 356 g/mol. The van der Waals surface area contributed by atoms with E-state index < -0.39 is 0 Å². The molecule has 0 bridgehead atoms. The average molecular weight is 356 g/mol. The van der Waals surface area contributed by atoms with Crippen molar-refractivity contribution < 1.29 is 9.52 Å². The molecular weight excluding hydrogens is 336 g/mol. The first-order valence-corrected chi connectivity index (χ1v) is 9.45. The summed E-state index contributed by atoms with van der Waals surface area (Å²) < 4.78 is 6.15. The first kappa shape index (κ1) is 16.3. The van der Waals surface area contributed by atoms with Crippen LogP contribution in [-0.2, 0) is 6.42 Å². The first-order valence-electron chi connectivity index (χ1n) is 8.57. The Kier molecular flexibility index (Phi) is 4.09. The van der Waals surface area contributed by atoms with E-state index in [0.29, 0.717) is 33.7 Å². The molecule has 1 aliphatic rings. The van der Waals surface area contributed by atoms with E-state index in [9.17, 15) is 9.90 Å². The van der Waals surface area contributed by atoms with Gasteiger partial charge in [0, 0.05) is 17.1 Å². The number of phenols is 1. The van der Waals surface area contributed by atoms with Crippen LogP contribution in [0.15, 0.2) is 26.7 Å². The van der Waals surface area contributed by atoms with Crippen molar-refractivity contribution in [3.63, 3.8) is 0 Å².